The van der Waals surface area contributed by atoms with Gasteiger partial charge in [-0.2, -0.15) is 0 Å². The highest BCUT2D eigenvalue weighted by Crippen LogP contribution is 2.29. The molecule has 0 aliphatic rings. The van der Waals surface area contributed by atoms with E-state index < -0.39 is 6.04 Å². The molecule has 2 aromatic carbocycles. The Morgan fingerprint density at radius 1 is 1.16 bits per heavy atom. The molecule has 1 atom stereocenters. The molecule has 2 aromatic rings. The van der Waals surface area contributed by atoms with Crippen LogP contribution >= 0.6 is 0 Å². The monoisotopic (exact) mass is 260 g/mol. The largest absolute Gasteiger partial charge is 0.496 e. The van der Waals surface area contributed by atoms with Gasteiger partial charge in [0.1, 0.15) is 11.6 Å². The van der Waals surface area contributed by atoms with Gasteiger partial charge in [0.25, 0.3) is 0 Å². The van der Waals surface area contributed by atoms with Crippen LogP contribution in [0.4, 0.5) is 10.1 Å². The minimum atomic E-state index is -0.420. The predicted octanol–water partition coefficient (Wildman–Crippen LogP) is 2.92. The molecule has 0 heterocycles. The first-order valence-electron chi connectivity index (χ1n) is 6.02. The highest BCUT2D eigenvalue weighted by Gasteiger charge is 2.15. The minimum absolute atomic E-state index is 0.321. The fourth-order valence-electron chi connectivity index (χ4n) is 1.98. The molecule has 4 heteroatoms. The van der Waals surface area contributed by atoms with E-state index >= 15 is 0 Å². The third kappa shape index (κ3) is 2.85. The van der Waals surface area contributed by atoms with Gasteiger partial charge in [-0.25, -0.2) is 4.39 Å². The van der Waals surface area contributed by atoms with Crippen molar-refractivity contribution in [2.45, 2.75) is 6.04 Å². The van der Waals surface area contributed by atoms with E-state index in [1.165, 1.54) is 12.1 Å². The van der Waals surface area contributed by atoms with Crippen LogP contribution in [0.5, 0.6) is 5.75 Å². The number of nitrogens with one attached hydrogen (secondary N) is 1. The summed E-state index contributed by atoms with van der Waals surface area (Å²) >= 11 is 0. The molecule has 19 heavy (non-hydrogen) atoms. The highest BCUT2D eigenvalue weighted by atomic mass is 19.1. The van der Waals surface area contributed by atoms with Crippen LogP contribution in [-0.2, 0) is 0 Å². The molecule has 0 bridgehead atoms. The van der Waals surface area contributed by atoms with E-state index in [0.29, 0.717) is 11.3 Å². The van der Waals surface area contributed by atoms with Crippen LogP contribution in [0.1, 0.15) is 17.2 Å². The Labute approximate surface area is 112 Å². The lowest BCUT2D eigenvalue weighted by molar-refractivity contribution is 0.406. The van der Waals surface area contributed by atoms with E-state index in [1.54, 1.807) is 13.2 Å². The third-order valence-corrected chi connectivity index (χ3v) is 3.09. The van der Waals surface area contributed by atoms with Crippen LogP contribution in [0.2, 0.25) is 0 Å². The molecule has 100 valence electrons. The second-order valence-corrected chi connectivity index (χ2v) is 4.24. The molecule has 0 saturated carbocycles. The van der Waals surface area contributed by atoms with Gasteiger partial charge in [-0.3, -0.25) is 0 Å². The molecule has 0 amide bonds. The Bertz CT molecular complexity index is 555. The minimum Gasteiger partial charge on any atom is -0.496 e. The number of hydrogen-bond acceptors (Lipinski definition) is 3. The molecule has 2 rings (SSSR count). The van der Waals surface area contributed by atoms with Crippen LogP contribution in [0.25, 0.3) is 0 Å². The number of hydrogen-bond donors (Lipinski definition) is 2. The first-order chi connectivity index (χ1) is 9.15. The highest BCUT2D eigenvalue weighted by molar-refractivity contribution is 5.47. The molecule has 0 radical (unpaired) electrons. The second-order valence-electron chi connectivity index (χ2n) is 4.24. The summed E-state index contributed by atoms with van der Waals surface area (Å²) in [5.41, 5.74) is 8.73. The van der Waals surface area contributed by atoms with E-state index in [9.17, 15) is 4.39 Å². The SMILES string of the molecule is CNc1ccc(C(N)c2cc(F)ccc2OC)cc1. The van der Waals surface area contributed by atoms with Crippen LogP contribution in [-0.4, -0.2) is 14.2 Å². The Balaban J connectivity index is 2.36. The molecule has 0 aliphatic carbocycles. The summed E-state index contributed by atoms with van der Waals surface area (Å²) < 4.78 is 18.6. The predicted molar refractivity (Wildman–Crippen MR) is 75.0 cm³/mol. The summed E-state index contributed by atoms with van der Waals surface area (Å²) in [6, 6.07) is 11.6. The summed E-state index contributed by atoms with van der Waals surface area (Å²) in [6.45, 7) is 0. The number of ether oxygens (including phenoxy) is 1. The molecule has 0 saturated heterocycles. The molecular formula is C15H17FN2O. The van der Waals surface area contributed by atoms with Gasteiger partial charge in [0, 0.05) is 18.3 Å². The zero-order valence-electron chi connectivity index (χ0n) is 11.0. The van der Waals surface area contributed by atoms with Gasteiger partial charge < -0.3 is 15.8 Å². The van der Waals surface area contributed by atoms with Crippen molar-refractivity contribution >= 4 is 5.69 Å². The van der Waals surface area contributed by atoms with Crippen molar-refractivity contribution in [2.75, 3.05) is 19.5 Å². The molecule has 0 aliphatic heterocycles. The third-order valence-electron chi connectivity index (χ3n) is 3.09. The Hall–Kier alpha value is -2.07. The maximum atomic E-state index is 13.4. The average Bonchev–Trinajstić information content (AvgIpc) is 2.46. The number of methoxy groups -OCH3 is 1. The van der Waals surface area contributed by atoms with Crippen molar-refractivity contribution in [1.29, 1.82) is 0 Å². The molecular weight excluding hydrogens is 243 g/mol. The summed E-state index contributed by atoms with van der Waals surface area (Å²) in [4.78, 5) is 0. The lowest BCUT2D eigenvalue weighted by atomic mass is 9.98. The second kappa shape index (κ2) is 5.71. The van der Waals surface area contributed by atoms with Crippen LogP contribution in [0.3, 0.4) is 0 Å². The van der Waals surface area contributed by atoms with E-state index in [4.69, 9.17) is 10.5 Å². The fourth-order valence-corrected chi connectivity index (χ4v) is 1.98. The number of rotatable bonds is 4. The van der Waals surface area contributed by atoms with Crippen molar-refractivity contribution in [3.8, 4) is 5.75 Å². The molecule has 0 aromatic heterocycles. The van der Waals surface area contributed by atoms with Gasteiger partial charge in [0.05, 0.1) is 13.2 Å². The summed E-state index contributed by atoms with van der Waals surface area (Å²) in [5.74, 6) is 0.268. The van der Waals surface area contributed by atoms with Crippen molar-refractivity contribution in [3.63, 3.8) is 0 Å². The van der Waals surface area contributed by atoms with Crippen molar-refractivity contribution in [2.24, 2.45) is 5.73 Å². The maximum absolute atomic E-state index is 13.4. The Morgan fingerprint density at radius 2 is 1.84 bits per heavy atom. The lowest BCUT2D eigenvalue weighted by Crippen LogP contribution is -2.13. The van der Waals surface area contributed by atoms with Gasteiger partial charge >= 0.3 is 0 Å². The number of halogens is 1. The topological polar surface area (TPSA) is 47.3 Å². The van der Waals surface area contributed by atoms with Gasteiger partial charge in [0.2, 0.25) is 0 Å². The normalized spacial score (nSPS) is 12.0. The van der Waals surface area contributed by atoms with Gasteiger partial charge in [0.15, 0.2) is 0 Å². The van der Waals surface area contributed by atoms with Gasteiger partial charge in [-0.05, 0) is 35.9 Å². The Morgan fingerprint density at radius 3 is 2.42 bits per heavy atom. The van der Waals surface area contributed by atoms with E-state index in [0.717, 1.165) is 11.3 Å². The molecule has 3 N–H and O–H groups in total. The molecule has 0 spiro atoms. The van der Waals surface area contributed by atoms with E-state index in [1.807, 2.05) is 31.3 Å². The van der Waals surface area contributed by atoms with Crippen LogP contribution in [0.15, 0.2) is 42.5 Å². The van der Waals surface area contributed by atoms with Gasteiger partial charge in [-0.1, -0.05) is 12.1 Å². The van der Waals surface area contributed by atoms with Crippen molar-refractivity contribution in [1.82, 2.24) is 0 Å². The summed E-state index contributed by atoms with van der Waals surface area (Å²) in [5, 5.41) is 3.04. The number of benzene rings is 2. The van der Waals surface area contributed by atoms with E-state index in [2.05, 4.69) is 5.32 Å². The maximum Gasteiger partial charge on any atom is 0.124 e. The zero-order chi connectivity index (χ0) is 13.8. The van der Waals surface area contributed by atoms with Crippen LogP contribution in [0, 0.1) is 5.82 Å². The summed E-state index contributed by atoms with van der Waals surface area (Å²) in [6.07, 6.45) is 0. The fraction of sp³-hybridized carbons (Fsp3) is 0.200. The standard InChI is InChI=1S/C15H17FN2O/c1-18-12-6-3-10(4-7-12)15(17)13-9-11(16)5-8-14(13)19-2/h3-9,15,18H,17H2,1-2H3. The first kappa shape index (κ1) is 13.4. The van der Waals surface area contributed by atoms with Crippen molar-refractivity contribution in [3.05, 3.63) is 59.4 Å². The zero-order valence-corrected chi connectivity index (χ0v) is 11.0. The van der Waals surface area contributed by atoms with Crippen LogP contribution < -0.4 is 15.8 Å². The van der Waals surface area contributed by atoms with Crippen molar-refractivity contribution < 1.29 is 9.13 Å². The molecule has 0 fully saturated rings. The quantitative estimate of drug-likeness (QED) is 0.888. The Kier molecular flexibility index (Phi) is 4.02. The number of nitrogens with two attached hydrogens (primary N) is 1. The summed E-state index contributed by atoms with van der Waals surface area (Å²) in [7, 11) is 3.40. The lowest BCUT2D eigenvalue weighted by Gasteiger charge is -2.16. The van der Waals surface area contributed by atoms with E-state index in [-0.39, 0.29) is 5.82 Å². The average molecular weight is 260 g/mol. The number of anilines is 1. The molecule has 1 unspecified atom stereocenters. The van der Waals surface area contributed by atoms with Gasteiger partial charge in [-0.15, -0.1) is 0 Å². The first-order valence-corrected chi connectivity index (χ1v) is 6.02. The smallest absolute Gasteiger partial charge is 0.124 e. The molecule has 3 nitrogen and oxygen atoms in total.